The van der Waals surface area contributed by atoms with E-state index in [1.165, 1.54) is 11.3 Å². The van der Waals surface area contributed by atoms with Gasteiger partial charge in [-0.15, -0.1) is 0 Å². The molecule has 0 spiro atoms. The Kier molecular flexibility index (Phi) is 8.56. The molecule has 41 heavy (non-hydrogen) atoms. The van der Waals surface area contributed by atoms with Crippen molar-refractivity contribution in [2.45, 2.75) is 33.4 Å². The third kappa shape index (κ3) is 6.06. The van der Waals surface area contributed by atoms with E-state index >= 15 is 0 Å². The standard InChI is InChI=1S/C32H29BrN2O5S/c1-5-39-31(37)28-20(3)34-32-35(29(28)23-11-6-19(2)7-12-23)30(36)27(41-32)17-22-10-15-25(26(16-22)38-4)40-18-21-8-13-24(33)14-9-21/h6-17,29H,5,18H2,1-4H3/b27-17+/t29-/m0/s1. The first-order chi connectivity index (χ1) is 19.8. The van der Waals surface area contributed by atoms with Crippen molar-refractivity contribution in [2.24, 2.45) is 4.99 Å². The van der Waals surface area contributed by atoms with E-state index in [2.05, 4.69) is 20.9 Å². The summed E-state index contributed by atoms with van der Waals surface area (Å²) in [6, 6.07) is 20.6. The van der Waals surface area contributed by atoms with Gasteiger partial charge in [0.1, 0.15) is 6.61 Å². The molecule has 7 nitrogen and oxygen atoms in total. The van der Waals surface area contributed by atoms with Crippen LogP contribution in [0.15, 0.2) is 92.3 Å². The number of benzene rings is 3. The van der Waals surface area contributed by atoms with Crippen LogP contribution in [0.4, 0.5) is 0 Å². The average Bonchev–Trinajstić information content (AvgIpc) is 3.26. The van der Waals surface area contributed by atoms with Crippen molar-refractivity contribution >= 4 is 39.3 Å². The second kappa shape index (κ2) is 12.3. The summed E-state index contributed by atoms with van der Waals surface area (Å²) in [6.45, 7) is 6.15. The first kappa shape index (κ1) is 28.6. The minimum absolute atomic E-state index is 0.228. The molecule has 0 saturated carbocycles. The minimum Gasteiger partial charge on any atom is -0.493 e. The van der Waals surface area contributed by atoms with Gasteiger partial charge in [-0.2, -0.15) is 0 Å². The molecule has 0 aliphatic carbocycles. The van der Waals surface area contributed by atoms with Gasteiger partial charge in [0.05, 0.1) is 35.6 Å². The second-order valence-electron chi connectivity index (χ2n) is 9.54. The summed E-state index contributed by atoms with van der Waals surface area (Å²) in [6.07, 6.45) is 1.81. The first-order valence-electron chi connectivity index (χ1n) is 13.1. The molecule has 1 aliphatic heterocycles. The van der Waals surface area contributed by atoms with Gasteiger partial charge in [0.2, 0.25) is 0 Å². The highest BCUT2D eigenvalue weighted by Crippen LogP contribution is 2.31. The van der Waals surface area contributed by atoms with Crippen LogP contribution in [0.3, 0.4) is 0 Å². The van der Waals surface area contributed by atoms with Crippen LogP contribution in [-0.2, 0) is 16.1 Å². The number of carbonyl (C=O) groups excluding carboxylic acids is 1. The fourth-order valence-corrected chi connectivity index (χ4v) is 5.95. The molecule has 2 heterocycles. The van der Waals surface area contributed by atoms with Gasteiger partial charge in [-0.25, -0.2) is 9.79 Å². The Morgan fingerprint density at radius 3 is 2.46 bits per heavy atom. The van der Waals surface area contributed by atoms with Crippen LogP contribution >= 0.6 is 27.3 Å². The van der Waals surface area contributed by atoms with Crippen LogP contribution < -0.4 is 24.4 Å². The molecule has 4 aromatic rings. The third-order valence-electron chi connectivity index (χ3n) is 6.70. The number of carbonyl (C=O) groups is 1. The van der Waals surface area contributed by atoms with Crippen molar-refractivity contribution in [2.75, 3.05) is 13.7 Å². The van der Waals surface area contributed by atoms with Crippen LogP contribution in [0.1, 0.15) is 42.1 Å². The normalized spacial score (nSPS) is 14.9. The van der Waals surface area contributed by atoms with Crippen molar-refractivity contribution in [3.63, 3.8) is 0 Å². The number of esters is 1. The van der Waals surface area contributed by atoms with E-state index in [0.717, 1.165) is 26.7 Å². The molecule has 3 aromatic carbocycles. The lowest BCUT2D eigenvalue weighted by Gasteiger charge is -2.24. The van der Waals surface area contributed by atoms with E-state index in [4.69, 9.17) is 14.2 Å². The van der Waals surface area contributed by atoms with E-state index in [0.29, 0.717) is 38.7 Å². The lowest BCUT2D eigenvalue weighted by Crippen LogP contribution is -2.39. The van der Waals surface area contributed by atoms with Crippen LogP contribution in [0.25, 0.3) is 6.08 Å². The van der Waals surface area contributed by atoms with Gasteiger partial charge in [0, 0.05) is 4.47 Å². The number of methoxy groups -OCH3 is 1. The van der Waals surface area contributed by atoms with Crippen molar-refractivity contribution in [3.05, 3.63) is 124 Å². The van der Waals surface area contributed by atoms with E-state index in [9.17, 15) is 9.59 Å². The molecule has 1 aliphatic rings. The van der Waals surface area contributed by atoms with Crippen LogP contribution in [0.5, 0.6) is 11.5 Å². The van der Waals surface area contributed by atoms with Gasteiger partial charge in [-0.3, -0.25) is 9.36 Å². The summed E-state index contributed by atoms with van der Waals surface area (Å²) in [5.74, 6) is 0.682. The zero-order valence-electron chi connectivity index (χ0n) is 23.1. The van der Waals surface area contributed by atoms with Gasteiger partial charge in [0.25, 0.3) is 5.56 Å². The van der Waals surface area contributed by atoms with Crippen LogP contribution in [-0.4, -0.2) is 24.3 Å². The van der Waals surface area contributed by atoms with E-state index in [1.807, 2.05) is 73.7 Å². The van der Waals surface area contributed by atoms with Gasteiger partial charge >= 0.3 is 5.97 Å². The molecule has 0 fully saturated rings. The molecule has 0 radical (unpaired) electrons. The van der Waals surface area contributed by atoms with Gasteiger partial charge in [0.15, 0.2) is 16.3 Å². The van der Waals surface area contributed by atoms with Crippen LogP contribution in [0.2, 0.25) is 0 Å². The fraction of sp³-hybridized carbons (Fsp3) is 0.219. The number of ether oxygens (including phenoxy) is 3. The number of thiazole rings is 1. The summed E-state index contributed by atoms with van der Waals surface area (Å²) in [4.78, 5) is 32.1. The molecular formula is C32H29BrN2O5S. The Bertz CT molecular complexity index is 1800. The number of rotatable bonds is 8. The highest BCUT2D eigenvalue weighted by molar-refractivity contribution is 9.10. The molecular weight excluding hydrogens is 604 g/mol. The van der Waals surface area contributed by atoms with E-state index < -0.39 is 12.0 Å². The Morgan fingerprint density at radius 1 is 1.05 bits per heavy atom. The summed E-state index contributed by atoms with van der Waals surface area (Å²) in [5, 5.41) is 0. The SMILES string of the molecule is CCOC(=O)C1=C(C)N=c2s/c(=C/c3ccc(OCc4ccc(Br)cc4)c(OC)c3)c(=O)n2[C@H]1c1ccc(C)cc1. The zero-order valence-corrected chi connectivity index (χ0v) is 25.5. The molecule has 0 unspecified atom stereocenters. The highest BCUT2D eigenvalue weighted by Gasteiger charge is 2.33. The van der Waals surface area contributed by atoms with E-state index in [1.54, 1.807) is 31.6 Å². The first-order valence-corrected chi connectivity index (χ1v) is 14.7. The summed E-state index contributed by atoms with van der Waals surface area (Å²) < 4.78 is 20.1. The molecule has 0 amide bonds. The quantitative estimate of drug-likeness (QED) is 0.241. The predicted molar refractivity (Wildman–Crippen MR) is 163 cm³/mol. The van der Waals surface area contributed by atoms with Crippen molar-refractivity contribution in [1.29, 1.82) is 0 Å². The molecule has 1 atom stereocenters. The summed E-state index contributed by atoms with van der Waals surface area (Å²) in [5.41, 5.74) is 4.37. The number of aromatic nitrogens is 1. The molecule has 0 N–H and O–H groups in total. The Labute approximate surface area is 250 Å². The highest BCUT2D eigenvalue weighted by atomic mass is 79.9. The van der Waals surface area contributed by atoms with Gasteiger partial charge in [-0.1, -0.05) is 75.3 Å². The molecule has 210 valence electrons. The Balaban J connectivity index is 1.53. The third-order valence-corrected chi connectivity index (χ3v) is 8.21. The van der Waals surface area contributed by atoms with Gasteiger partial charge < -0.3 is 14.2 Å². The number of nitrogens with zero attached hydrogens (tertiary/aromatic N) is 2. The molecule has 5 rings (SSSR count). The Hall–Kier alpha value is -3.95. The molecule has 0 saturated heterocycles. The molecule has 1 aromatic heterocycles. The fourth-order valence-electron chi connectivity index (χ4n) is 4.64. The molecule has 0 bridgehead atoms. The predicted octanol–water partition coefficient (Wildman–Crippen LogP) is 5.46. The van der Waals surface area contributed by atoms with Crippen molar-refractivity contribution in [3.8, 4) is 11.5 Å². The Morgan fingerprint density at radius 2 is 1.78 bits per heavy atom. The summed E-state index contributed by atoms with van der Waals surface area (Å²) in [7, 11) is 1.58. The van der Waals surface area contributed by atoms with E-state index in [-0.39, 0.29) is 12.2 Å². The maximum absolute atomic E-state index is 13.9. The second-order valence-corrected chi connectivity index (χ2v) is 11.5. The van der Waals surface area contributed by atoms with Crippen molar-refractivity contribution < 1.29 is 19.0 Å². The lowest BCUT2D eigenvalue weighted by molar-refractivity contribution is -0.139. The number of halogens is 1. The van der Waals surface area contributed by atoms with Crippen LogP contribution in [0, 0.1) is 6.92 Å². The minimum atomic E-state index is -0.642. The van der Waals surface area contributed by atoms with Crippen molar-refractivity contribution in [1.82, 2.24) is 4.57 Å². The lowest BCUT2D eigenvalue weighted by atomic mass is 9.95. The molecule has 9 heteroatoms. The topological polar surface area (TPSA) is 79.1 Å². The number of fused-ring (bicyclic) bond motifs is 1. The average molecular weight is 634 g/mol. The van der Waals surface area contributed by atoms with Gasteiger partial charge in [-0.05, 0) is 67.8 Å². The number of allylic oxidation sites excluding steroid dienone is 1. The maximum atomic E-state index is 13.9. The number of aryl methyl sites for hydroxylation is 1. The largest absolute Gasteiger partial charge is 0.493 e. The number of hydrogen-bond donors (Lipinski definition) is 0. The zero-order chi connectivity index (χ0) is 29.1. The smallest absolute Gasteiger partial charge is 0.338 e. The number of hydrogen-bond acceptors (Lipinski definition) is 7. The summed E-state index contributed by atoms with van der Waals surface area (Å²) >= 11 is 4.72. The maximum Gasteiger partial charge on any atom is 0.338 e. The monoisotopic (exact) mass is 632 g/mol.